The van der Waals surface area contributed by atoms with Crippen LogP contribution < -0.4 is 19.7 Å². The predicted molar refractivity (Wildman–Crippen MR) is 207 cm³/mol. The van der Waals surface area contributed by atoms with Crippen LogP contribution in [0.25, 0.3) is 11.1 Å². The van der Waals surface area contributed by atoms with Crippen LogP contribution in [-0.4, -0.2) is 79.5 Å². The highest BCUT2D eigenvalue weighted by Gasteiger charge is 2.35. The monoisotopic (exact) mass is 791 g/mol. The molecule has 0 unspecified atom stereocenters. The first-order valence-corrected chi connectivity index (χ1v) is 20.1. The molecule has 3 aromatic carbocycles. The SMILES string of the molecule is CCOc1cncc(-c2ccc(CN3CCN(c4ccc(C(=O)NS(=O)(=O)c5ccc(NCCSc6ccccc6)c(C(F)(F)F)c5)nn4)CC3)cc2C)c1. The number of anilines is 2. The molecule has 11 nitrogen and oxygen atoms in total. The molecule has 2 aromatic heterocycles. The van der Waals surface area contributed by atoms with Crippen LogP contribution in [0.15, 0.2) is 107 Å². The summed E-state index contributed by atoms with van der Waals surface area (Å²) >= 11 is 1.47. The molecule has 55 heavy (non-hydrogen) atoms. The summed E-state index contributed by atoms with van der Waals surface area (Å²) in [6.07, 6.45) is -1.32. The van der Waals surface area contributed by atoms with Crippen molar-refractivity contribution in [2.45, 2.75) is 36.4 Å². The molecule has 1 saturated heterocycles. The molecule has 3 heterocycles. The Morgan fingerprint density at radius 2 is 1.71 bits per heavy atom. The van der Waals surface area contributed by atoms with Crippen LogP contribution in [0.3, 0.4) is 0 Å². The topological polar surface area (TPSA) is 130 Å². The molecule has 0 spiro atoms. The summed E-state index contributed by atoms with van der Waals surface area (Å²) in [4.78, 5) is 21.8. The van der Waals surface area contributed by atoms with Crippen molar-refractivity contribution in [3.8, 4) is 16.9 Å². The number of carbonyl (C=O) groups is 1. The van der Waals surface area contributed by atoms with Crippen molar-refractivity contribution < 1.29 is 31.1 Å². The second-order valence-electron chi connectivity index (χ2n) is 12.8. The third kappa shape index (κ3) is 10.3. The third-order valence-corrected chi connectivity index (χ3v) is 11.2. The van der Waals surface area contributed by atoms with Gasteiger partial charge in [0.2, 0.25) is 0 Å². The number of nitrogens with one attached hydrogen (secondary N) is 2. The molecule has 0 atom stereocenters. The lowest BCUT2D eigenvalue weighted by Crippen LogP contribution is -2.46. The summed E-state index contributed by atoms with van der Waals surface area (Å²) < 4.78 is 75.5. The highest BCUT2D eigenvalue weighted by Crippen LogP contribution is 2.36. The number of thioether (sulfide) groups is 1. The Morgan fingerprint density at radius 1 is 0.927 bits per heavy atom. The summed E-state index contributed by atoms with van der Waals surface area (Å²) in [6, 6.07) is 23.3. The first-order valence-electron chi connectivity index (χ1n) is 17.6. The molecule has 1 aliphatic rings. The number of aryl methyl sites for hydroxylation is 1. The Balaban J connectivity index is 1.01. The van der Waals surface area contributed by atoms with Gasteiger partial charge >= 0.3 is 6.18 Å². The molecule has 16 heteroatoms. The fraction of sp³-hybridized carbons (Fsp3) is 0.282. The number of rotatable bonds is 14. The number of halogens is 3. The molecule has 6 rings (SSSR count). The number of carbonyl (C=O) groups excluding carboxylic acids is 1. The number of hydrogen-bond donors (Lipinski definition) is 2. The molecule has 0 saturated carbocycles. The highest BCUT2D eigenvalue weighted by atomic mass is 32.2. The number of alkyl halides is 3. The van der Waals surface area contributed by atoms with E-state index in [4.69, 9.17) is 4.74 Å². The number of sulfonamides is 1. The van der Waals surface area contributed by atoms with E-state index in [-0.39, 0.29) is 17.9 Å². The Labute approximate surface area is 322 Å². The Hall–Kier alpha value is -5.19. The van der Waals surface area contributed by atoms with Crippen molar-refractivity contribution in [2.24, 2.45) is 0 Å². The molecule has 1 aliphatic heterocycles. The average Bonchev–Trinajstić information content (AvgIpc) is 3.17. The van der Waals surface area contributed by atoms with Crippen LogP contribution in [0.5, 0.6) is 5.75 Å². The van der Waals surface area contributed by atoms with E-state index in [1.807, 2.05) is 59.1 Å². The standard InChI is InChI=1S/C39H40F3N7O4S2/c1-3-53-30-22-29(24-43-25-30)33-11-9-28(21-27(33)2)26-48-16-18-49(19-17-48)37-14-13-36(45-46-37)38(50)47-55(51,52)32-10-12-35(34(23-32)39(40,41)42)44-15-20-54-31-7-5-4-6-8-31/h4-14,21-25,44H,3,15-20,26H2,1-2H3,(H,47,50). The molecule has 5 aromatic rings. The first kappa shape index (κ1) is 39.5. The maximum Gasteiger partial charge on any atom is 0.418 e. The number of amides is 1. The fourth-order valence-corrected chi connectivity index (χ4v) is 7.93. The Morgan fingerprint density at radius 3 is 2.40 bits per heavy atom. The van der Waals surface area contributed by atoms with Gasteiger partial charge in [-0.3, -0.25) is 14.7 Å². The summed E-state index contributed by atoms with van der Waals surface area (Å²) in [5.74, 6) is 0.617. The average molecular weight is 792 g/mol. The number of benzene rings is 3. The van der Waals surface area contributed by atoms with Crippen molar-refractivity contribution in [1.82, 2.24) is 24.8 Å². The van der Waals surface area contributed by atoms with Crippen LogP contribution in [0.2, 0.25) is 0 Å². The number of piperazine rings is 1. The highest BCUT2D eigenvalue weighted by molar-refractivity contribution is 7.99. The van der Waals surface area contributed by atoms with Gasteiger partial charge in [0.05, 0.1) is 23.3 Å². The van der Waals surface area contributed by atoms with E-state index in [2.05, 4.69) is 50.5 Å². The summed E-state index contributed by atoms with van der Waals surface area (Å²) in [7, 11) is -4.68. The molecule has 0 aliphatic carbocycles. The molecule has 1 fully saturated rings. The van der Waals surface area contributed by atoms with Gasteiger partial charge in [-0.2, -0.15) is 13.2 Å². The normalized spacial score (nSPS) is 13.7. The summed E-state index contributed by atoms with van der Waals surface area (Å²) in [5, 5.41) is 10.8. The summed E-state index contributed by atoms with van der Waals surface area (Å²) in [6.45, 7) is 8.37. The van der Waals surface area contributed by atoms with Gasteiger partial charge in [0.25, 0.3) is 15.9 Å². The number of nitrogens with zero attached hydrogens (tertiary/aromatic N) is 5. The van der Waals surface area contributed by atoms with Gasteiger partial charge in [-0.25, -0.2) is 13.1 Å². The van der Waals surface area contributed by atoms with Crippen LogP contribution in [0.4, 0.5) is 24.7 Å². The van der Waals surface area contributed by atoms with Gasteiger partial charge < -0.3 is 15.0 Å². The summed E-state index contributed by atoms with van der Waals surface area (Å²) in [5.41, 5.74) is 2.69. The van der Waals surface area contributed by atoms with Crippen LogP contribution >= 0.6 is 11.8 Å². The van der Waals surface area contributed by atoms with Crippen molar-refractivity contribution >= 4 is 39.2 Å². The maximum atomic E-state index is 14.0. The first-order chi connectivity index (χ1) is 26.4. The van der Waals surface area contributed by atoms with E-state index in [9.17, 15) is 26.4 Å². The second kappa shape index (κ2) is 17.5. The van der Waals surface area contributed by atoms with Crippen molar-refractivity contribution in [1.29, 1.82) is 0 Å². The fourth-order valence-electron chi connectivity index (χ4n) is 6.15. The Bertz CT molecular complexity index is 2200. The largest absolute Gasteiger partial charge is 0.492 e. The number of ether oxygens (including phenoxy) is 1. The van der Waals surface area contributed by atoms with E-state index in [1.165, 1.54) is 23.4 Å². The van der Waals surface area contributed by atoms with E-state index >= 15 is 0 Å². The minimum Gasteiger partial charge on any atom is -0.492 e. The number of hydrogen-bond acceptors (Lipinski definition) is 11. The Kier molecular flexibility index (Phi) is 12.6. The van der Waals surface area contributed by atoms with Gasteiger partial charge in [-0.05, 0) is 79.1 Å². The molecular formula is C39H40F3N7O4S2. The van der Waals surface area contributed by atoms with Crippen LogP contribution in [0.1, 0.15) is 34.1 Å². The lowest BCUT2D eigenvalue weighted by molar-refractivity contribution is -0.137. The molecule has 0 bridgehead atoms. The van der Waals surface area contributed by atoms with Gasteiger partial charge in [0, 0.05) is 67.4 Å². The second-order valence-corrected chi connectivity index (χ2v) is 15.6. The lowest BCUT2D eigenvalue weighted by Gasteiger charge is -2.35. The van der Waals surface area contributed by atoms with Crippen molar-refractivity contribution in [3.05, 3.63) is 120 Å². The van der Waals surface area contributed by atoms with Gasteiger partial charge in [0.1, 0.15) is 5.75 Å². The minimum absolute atomic E-state index is 0.203. The van der Waals surface area contributed by atoms with E-state index in [0.717, 1.165) is 59.1 Å². The van der Waals surface area contributed by atoms with Crippen LogP contribution in [-0.2, 0) is 22.7 Å². The van der Waals surface area contributed by atoms with E-state index < -0.39 is 32.6 Å². The molecule has 1 amide bonds. The van der Waals surface area contributed by atoms with Gasteiger partial charge in [0.15, 0.2) is 11.5 Å². The minimum atomic E-state index is -4.85. The molecule has 288 valence electrons. The smallest absolute Gasteiger partial charge is 0.418 e. The quantitative estimate of drug-likeness (QED) is 0.0900. The molecular weight excluding hydrogens is 752 g/mol. The van der Waals surface area contributed by atoms with Crippen LogP contribution in [0, 0.1) is 6.92 Å². The number of aromatic nitrogens is 3. The zero-order valence-electron chi connectivity index (χ0n) is 30.2. The van der Waals surface area contributed by atoms with Gasteiger partial charge in [-0.1, -0.05) is 36.4 Å². The molecule has 0 radical (unpaired) electrons. The predicted octanol–water partition coefficient (Wildman–Crippen LogP) is 6.91. The van der Waals surface area contributed by atoms with Gasteiger partial charge in [-0.15, -0.1) is 22.0 Å². The van der Waals surface area contributed by atoms with E-state index in [1.54, 1.807) is 12.3 Å². The zero-order valence-corrected chi connectivity index (χ0v) is 31.8. The zero-order chi connectivity index (χ0) is 39.0. The molecule has 2 N–H and O–H groups in total. The lowest BCUT2D eigenvalue weighted by atomic mass is 9.99. The van der Waals surface area contributed by atoms with Crippen molar-refractivity contribution in [3.63, 3.8) is 0 Å². The van der Waals surface area contributed by atoms with Crippen molar-refractivity contribution in [2.75, 3.05) is 55.3 Å². The number of pyridine rings is 1. The maximum absolute atomic E-state index is 14.0. The third-order valence-electron chi connectivity index (χ3n) is 8.87. The van der Waals surface area contributed by atoms with E-state index in [0.29, 0.717) is 37.3 Å².